The molecule has 16 heavy (non-hydrogen) atoms. The van der Waals surface area contributed by atoms with Crippen molar-refractivity contribution in [2.45, 2.75) is 6.92 Å². The number of aromatic nitrogens is 5. The first kappa shape index (κ1) is 9.61. The number of rotatable bonds is 1. The quantitative estimate of drug-likeness (QED) is 0.672. The highest BCUT2D eigenvalue weighted by Crippen LogP contribution is 2.21. The first-order chi connectivity index (χ1) is 7.75. The van der Waals surface area contributed by atoms with Gasteiger partial charge in [0.05, 0.1) is 4.88 Å². The van der Waals surface area contributed by atoms with E-state index in [0.717, 1.165) is 10.6 Å². The van der Waals surface area contributed by atoms with Crippen molar-refractivity contribution >= 4 is 29.2 Å². The first-order valence-electron chi connectivity index (χ1n) is 4.61. The number of aryl methyl sites for hydroxylation is 1. The Labute approximate surface area is 99.8 Å². The highest BCUT2D eigenvalue weighted by molar-refractivity contribution is 7.71. The van der Waals surface area contributed by atoms with Crippen LogP contribution < -0.4 is 0 Å². The van der Waals surface area contributed by atoms with Gasteiger partial charge in [-0.25, -0.2) is 4.98 Å². The van der Waals surface area contributed by atoms with Crippen LogP contribution in [0.1, 0.15) is 5.69 Å². The summed E-state index contributed by atoms with van der Waals surface area (Å²) in [5.41, 5.74) is 1.48. The molecule has 3 aromatic heterocycles. The molecule has 0 aliphatic carbocycles. The molecule has 0 spiro atoms. The van der Waals surface area contributed by atoms with Gasteiger partial charge in [-0.3, -0.25) is 5.10 Å². The fourth-order valence-corrected chi connectivity index (χ4v) is 2.25. The molecule has 0 amide bonds. The third-order valence-electron chi connectivity index (χ3n) is 2.18. The van der Waals surface area contributed by atoms with E-state index in [1.807, 2.05) is 24.4 Å². The lowest BCUT2D eigenvalue weighted by atomic mass is 10.4. The van der Waals surface area contributed by atoms with Crippen molar-refractivity contribution < 1.29 is 0 Å². The van der Waals surface area contributed by atoms with Crippen molar-refractivity contribution in [3.05, 3.63) is 28.0 Å². The predicted octanol–water partition coefficient (Wildman–Crippen LogP) is 2.22. The number of nitrogens with one attached hydrogen (secondary N) is 1. The number of hydrogen-bond donors (Lipinski definition) is 1. The Bertz CT molecular complexity index is 694. The van der Waals surface area contributed by atoms with Crippen LogP contribution in [-0.4, -0.2) is 24.8 Å². The Morgan fingerprint density at radius 3 is 3.06 bits per heavy atom. The van der Waals surface area contributed by atoms with Gasteiger partial charge >= 0.3 is 0 Å². The lowest BCUT2D eigenvalue weighted by Crippen LogP contribution is -1.98. The second-order valence-corrected chi connectivity index (χ2v) is 4.60. The van der Waals surface area contributed by atoms with Crippen LogP contribution in [0.5, 0.6) is 0 Å². The Morgan fingerprint density at radius 2 is 2.38 bits per heavy atom. The van der Waals surface area contributed by atoms with Crippen LogP contribution in [0, 0.1) is 11.7 Å². The molecule has 0 unspecified atom stereocenters. The van der Waals surface area contributed by atoms with E-state index < -0.39 is 0 Å². The minimum absolute atomic E-state index is 0.455. The Morgan fingerprint density at radius 1 is 1.50 bits per heavy atom. The number of hydrogen-bond acceptors (Lipinski definition) is 5. The van der Waals surface area contributed by atoms with Crippen LogP contribution in [0.15, 0.2) is 17.5 Å². The third kappa shape index (κ3) is 1.36. The predicted molar refractivity (Wildman–Crippen MR) is 64.0 cm³/mol. The number of nitrogens with zero attached hydrogens (tertiary/aromatic N) is 4. The first-order valence-corrected chi connectivity index (χ1v) is 5.90. The maximum atomic E-state index is 5.10. The lowest BCUT2D eigenvalue weighted by molar-refractivity contribution is 0.826. The average Bonchev–Trinajstić information content (AvgIpc) is 2.90. The van der Waals surface area contributed by atoms with Crippen molar-refractivity contribution in [1.29, 1.82) is 0 Å². The molecule has 1 N–H and O–H groups in total. The van der Waals surface area contributed by atoms with Gasteiger partial charge in [-0.2, -0.15) is 9.61 Å². The lowest BCUT2D eigenvalue weighted by Gasteiger charge is -1.92. The number of fused-ring (bicyclic) bond motifs is 1. The largest absolute Gasteiger partial charge is 0.252 e. The molecular formula is C9H7N5S2. The minimum atomic E-state index is 0.455. The summed E-state index contributed by atoms with van der Waals surface area (Å²) in [5, 5.41) is 13.1. The molecule has 0 fully saturated rings. The zero-order valence-corrected chi connectivity index (χ0v) is 9.97. The molecule has 0 saturated heterocycles. The smallest absolute Gasteiger partial charge is 0.216 e. The van der Waals surface area contributed by atoms with Crippen LogP contribution in [0.3, 0.4) is 0 Å². The van der Waals surface area contributed by atoms with Gasteiger partial charge in [0, 0.05) is 0 Å². The summed E-state index contributed by atoms with van der Waals surface area (Å²) in [6, 6.07) is 3.95. The van der Waals surface area contributed by atoms with Gasteiger partial charge in [0.1, 0.15) is 5.69 Å². The molecule has 0 aromatic carbocycles. The van der Waals surface area contributed by atoms with Gasteiger partial charge < -0.3 is 0 Å². The van der Waals surface area contributed by atoms with Gasteiger partial charge in [0.15, 0.2) is 11.5 Å². The van der Waals surface area contributed by atoms with Crippen molar-refractivity contribution in [3.63, 3.8) is 0 Å². The monoisotopic (exact) mass is 249 g/mol. The topological polar surface area (TPSA) is 58.9 Å². The van der Waals surface area contributed by atoms with Crippen molar-refractivity contribution in [1.82, 2.24) is 24.8 Å². The van der Waals surface area contributed by atoms with Crippen LogP contribution in [0.2, 0.25) is 0 Å². The maximum Gasteiger partial charge on any atom is 0.216 e. The molecular weight excluding hydrogens is 242 g/mol. The molecule has 0 radical (unpaired) electrons. The maximum absolute atomic E-state index is 5.10. The van der Waals surface area contributed by atoms with E-state index in [-0.39, 0.29) is 0 Å². The van der Waals surface area contributed by atoms with Gasteiger partial charge in [0.2, 0.25) is 4.77 Å². The van der Waals surface area contributed by atoms with Crippen molar-refractivity contribution in [2.75, 3.05) is 0 Å². The SMILES string of the molecule is Cc1n[nH]c(=S)n2nc(-c3cccs3)nc12. The molecule has 7 heteroatoms. The Hall–Kier alpha value is -1.60. The number of H-pyrrole nitrogens is 1. The van der Waals surface area contributed by atoms with Crippen LogP contribution >= 0.6 is 23.6 Å². The Kier molecular flexibility index (Phi) is 2.08. The summed E-state index contributed by atoms with van der Waals surface area (Å²) in [6.45, 7) is 1.87. The summed E-state index contributed by atoms with van der Waals surface area (Å²) < 4.78 is 2.06. The van der Waals surface area contributed by atoms with Gasteiger partial charge in [0.25, 0.3) is 0 Å². The molecule has 5 nitrogen and oxygen atoms in total. The molecule has 0 bridgehead atoms. The molecule has 0 atom stereocenters. The molecule has 0 aliphatic rings. The highest BCUT2D eigenvalue weighted by atomic mass is 32.1. The van der Waals surface area contributed by atoms with E-state index in [2.05, 4.69) is 20.3 Å². The van der Waals surface area contributed by atoms with E-state index in [0.29, 0.717) is 16.2 Å². The second-order valence-electron chi connectivity index (χ2n) is 3.26. The summed E-state index contributed by atoms with van der Waals surface area (Å²) in [7, 11) is 0. The average molecular weight is 249 g/mol. The molecule has 3 heterocycles. The molecule has 0 saturated carbocycles. The molecule has 3 rings (SSSR count). The summed E-state index contributed by atoms with van der Waals surface area (Å²) in [6.07, 6.45) is 0. The fraction of sp³-hybridized carbons (Fsp3) is 0.111. The van der Waals surface area contributed by atoms with Crippen LogP contribution in [-0.2, 0) is 0 Å². The number of aromatic amines is 1. The molecule has 3 aromatic rings. The highest BCUT2D eigenvalue weighted by Gasteiger charge is 2.10. The zero-order valence-electron chi connectivity index (χ0n) is 8.34. The molecule has 80 valence electrons. The van der Waals surface area contributed by atoms with E-state index in [1.165, 1.54) is 0 Å². The summed E-state index contributed by atoms with van der Waals surface area (Å²) in [4.78, 5) is 5.45. The van der Waals surface area contributed by atoms with Crippen molar-refractivity contribution in [2.24, 2.45) is 0 Å². The fourth-order valence-electron chi connectivity index (χ4n) is 1.43. The number of thiophene rings is 1. The van der Waals surface area contributed by atoms with E-state index in [9.17, 15) is 0 Å². The van der Waals surface area contributed by atoms with Crippen molar-refractivity contribution in [3.8, 4) is 10.7 Å². The van der Waals surface area contributed by atoms with Gasteiger partial charge in [-0.05, 0) is 30.6 Å². The second kappa shape index (κ2) is 3.46. The summed E-state index contributed by atoms with van der Waals surface area (Å²) >= 11 is 6.70. The van der Waals surface area contributed by atoms with Gasteiger partial charge in [-0.1, -0.05) is 6.07 Å². The zero-order chi connectivity index (χ0) is 11.1. The standard InChI is InChI=1S/C9H7N5S2/c1-5-8-10-7(6-3-2-4-16-6)13-14(8)9(15)12-11-5/h2-4H,1H3,(H,12,15). The summed E-state index contributed by atoms with van der Waals surface area (Å²) in [5.74, 6) is 0.686. The normalized spacial score (nSPS) is 11.1. The van der Waals surface area contributed by atoms with Crippen LogP contribution in [0.25, 0.3) is 16.3 Å². The van der Waals surface area contributed by atoms with E-state index in [1.54, 1.807) is 15.9 Å². The minimum Gasteiger partial charge on any atom is -0.252 e. The van der Waals surface area contributed by atoms with E-state index >= 15 is 0 Å². The van der Waals surface area contributed by atoms with Gasteiger partial charge in [-0.15, -0.1) is 16.4 Å². The van der Waals surface area contributed by atoms with E-state index in [4.69, 9.17) is 12.2 Å². The Balaban J connectivity index is 2.35. The molecule has 0 aliphatic heterocycles. The third-order valence-corrected chi connectivity index (χ3v) is 3.31. The van der Waals surface area contributed by atoms with Crippen LogP contribution in [0.4, 0.5) is 0 Å².